The van der Waals surface area contributed by atoms with Gasteiger partial charge >= 0.3 is 6.09 Å². The van der Waals surface area contributed by atoms with Crippen molar-refractivity contribution in [1.29, 1.82) is 0 Å². The number of hydrogen-bond donors (Lipinski definition) is 0. The highest BCUT2D eigenvalue weighted by Crippen LogP contribution is 2.23. The molecule has 1 aromatic rings. The van der Waals surface area contributed by atoms with Crippen molar-refractivity contribution in [3.05, 3.63) is 23.9 Å². The van der Waals surface area contributed by atoms with Crippen molar-refractivity contribution in [3.63, 3.8) is 0 Å². The topological polar surface area (TPSA) is 45.7 Å². The Labute approximate surface area is 125 Å². The van der Waals surface area contributed by atoms with Crippen molar-refractivity contribution in [1.82, 2.24) is 9.88 Å². The lowest BCUT2D eigenvalue weighted by atomic mass is 9.92. The average molecular weight is 289 g/mol. The first-order valence-corrected chi connectivity index (χ1v) is 7.74. The van der Waals surface area contributed by atoms with Gasteiger partial charge in [0.1, 0.15) is 11.9 Å². The van der Waals surface area contributed by atoms with Crippen LogP contribution < -0.4 is 4.90 Å². The summed E-state index contributed by atoms with van der Waals surface area (Å²) in [4.78, 5) is 20.4. The molecule has 0 saturated carbocycles. The Morgan fingerprint density at radius 3 is 2.76 bits per heavy atom. The van der Waals surface area contributed by atoms with E-state index in [0.717, 1.165) is 17.9 Å². The van der Waals surface area contributed by atoms with Crippen LogP contribution in [0.1, 0.15) is 25.5 Å². The third-order valence-corrected chi connectivity index (χ3v) is 4.37. The predicted molar refractivity (Wildman–Crippen MR) is 81.5 cm³/mol. The van der Waals surface area contributed by atoms with E-state index in [9.17, 15) is 4.79 Å². The van der Waals surface area contributed by atoms with Gasteiger partial charge in [0, 0.05) is 5.69 Å². The molecule has 0 radical (unpaired) electrons. The van der Waals surface area contributed by atoms with E-state index in [4.69, 9.17) is 4.74 Å². The fourth-order valence-corrected chi connectivity index (χ4v) is 3.08. The van der Waals surface area contributed by atoms with Gasteiger partial charge in [-0.3, -0.25) is 4.90 Å². The molecule has 2 aliphatic heterocycles. The fourth-order valence-electron chi connectivity index (χ4n) is 3.08. The molecule has 2 saturated heterocycles. The Bertz CT molecular complexity index is 512. The van der Waals surface area contributed by atoms with Crippen LogP contribution in [0.25, 0.3) is 0 Å². The largest absolute Gasteiger partial charge is 0.444 e. The second-order valence-corrected chi connectivity index (χ2v) is 6.24. The summed E-state index contributed by atoms with van der Waals surface area (Å²) in [6.45, 7) is 4.82. The molecule has 0 N–H and O–H groups in total. The Hall–Kier alpha value is -1.62. The lowest BCUT2D eigenvalue weighted by Crippen LogP contribution is -2.31. The third-order valence-electron chi connectivity index (χ3n) is 4.37. The van der Waals surface area contributed by atoms with Gasteiger partial charge < -0.3 is 9.64 Å². The summed E-state index contributed by atoms with van der Waals surface area (Å²) < 4.78 is 5.17. The molecule has 0 bridgehead atoms. The van der Waals surface area contributed by atoms with Gasteiger partial charge in [0.2, 0.25) is 0 Å². The number of rotatable bonds is 3. The maximum absolute atomic E-state index is 11.8. The van der Waals surface area contributed by atoms with Crippen molar-refractivity contribution >= 4 is 11.9 Å². The summed E-state index contributed by atoms with van der Waals surface area (Å²) in [7, 11) is 2.18. The number of cyclic esters (lactones) is 1. The first-order valence-electron chi connectivity index (χ1n) is 7.74. The molecule has 5 nitrogen and oxygen atoms in total. The Morgan fingerprint density at radius 1 is 1.33 bits per heavy atom. The number of amides is 1. The monoisotopic (exact) mass is 289 g/mol. The van der Waals surface area contributed by atoms with E-state index < -0.39 is 0 Å². The number of nitrogens with zero attached hydrogens (tertiary/aromatic N) is 3. The molecule has 0 spiro atoms. The van der Waals surface area contributed by atoms with Crippen LogP contribution in [-0.2, 0) is 11.2 Å². The molecule has 2 fully saturated rings. The van der Waals surface area contributed by atoms with Crippen LogP contribution in [0.2, 0.25) is 0 Å². The minimum absolute atomic E-state index is 0.0585. The van der Waals surface area contributed by atoms with Crippen LogP contribution >= 0.6 is 0 Å². The molecule has 3 heterocycles. The summed E-state index contributed by atoms with van der Waals surface area (Å²) in [6, 6.07) is 5.94. The molecule has 2 aliphatic rings. The maximum atomic E-state index is 11.8. The summed E-state index contributed by atoms with van der Waals surface area (Å²) in [5, 5.41) is 0. The second kappa shape index (κ2) is 6.02. The number of hydrogen-bond acceptors (Lipinski definition) is 4. The van der Waals surface area contributed by atoms with Gasteiger partial charge in [0.25, 0.3) is 0 Å². The number of anilines is 1. The highest BCUT2D eigenvalue weighted by Gasteiger charge is 2.30. The number of carbonyl (C=O) groups excluding carboxylic acids is 1. The molecule has 1 aromatic heterocycles. The third kappa shape index (κ3) is 3.35. The van der Waals surface area contributed by atoms with Crippen LogP contribution in [0.15, 0.2) is 18.2 Å². The van der Waals surface area contributed by atoms with E-state index in [-0.39, 0.29) is 12.2 Å². The van der Waals surface area contributed by atoms with Gasteiger partial charge in [0.15, 0.2) is 0 Å². The summed E-state index contributed by atoms with van der Waals surface area (Å²) in [5.41, 5.74) is 1.08. The number of aromatic nitrogens is 1. The first-order chi connectivity index (χ1) is 10.1. The fraction of sp³-hybridized carbons (Fsp3) is 0.625. The summed E-state index contributed by atoms with van der Waals surface area (Å²) in [5.74, 6) is 1.42. The van der Waals surface area contributed by atoms with Crippen LogP contribution in [0.5, 0.6) is 0 Å². The van der Waals surface area contributed by atoms with Gasteiger partial charge in [-0.15, -0.1) is 0 Å². The molecule has 5 heteroatoms. The molecule has 0 aliphatic carbocycles. The van der Waals surface area contributed by atoms with Gasteiger partial charge in [-0.2, -0.15) is 0 Å². The van der Waals surface area contributed by atoms with Gasteiger partial charge in [-0.1, -0.05) is 6.07 Å². The highest BCUT2D eigenvalue weighted by atomic mass is 16.6. The first kappa shape index (κ1) is 14.3. The van der Waals surface area contributed by atoms with Crippen LogP contribution in [0.4, 0.5) is 10.6 Å². The van der Waals surface area contributed by atoms with Crippen molar-refractivity contribution in [3.8, 4) is 0 Å². The van der Waals surface area contributed by atoms with Crippen LogP contribution in [-0.4, -0.2) is 48.8 Å². The lowest BCUT2D eigenvalue weighted by molar-refractivity contribution is 0.150. The molecule has 1 atom stereocenters. The Balaban J connectivity index is 1.67. The van der Waals surface area contributed by atoms with E-state index in [0.29, 0.717) is 12.5 Å². The summed E-state index contributed by atoms with van der Waals surface area (Å²) in [6.07, 6.45) is 3.11. The maximum Gasteiger partial charge on any atom is 0.415 e. The zero-order chi connectivity index (χ0) is 14.8. The molecule has 3 rings (SSSR count). The molecular formula is C16H23N3O2. The van der Waals surface area contributed by atoms with E-state index >= 15 is 0 Å². The number of piperidine rings is 1. The van der Waals surface area contributed by atoms with E-state index in [1.807, 2.05) is 19.1 Å². The van der Waals surface area contributed by atoms with E-state index in [1.54, 1.807) is 4.90 Å². The van der Waals surface area contributed by atoms with Crippen LogP contribution in [0.3, 0.4) is 0 Å². The normalized spacial score (nSPS) is 24.4. The lowest BCUT2D eigenvalue weighted by Gasteiger charge is -2.28. The number of likely N-dealkylation sites (tertiary alicyclic amines) is 1. The zero-order valence-corrected chi connectivity index (χ0v) is 12.8. The molecule has 114 valence electrons. The predicted octanol–water partition coefficient (Wildman–Crippen LogP) is 2.31. The SMILES string of the molecule is C[C@H]1CN(c2cccc(CC3CCN(C)CC3)n2)C(=O)O1. The molecule has 1 amide bonds. The molecular weight excluding hydrogens is 266 g/mol. The van der Waals surface area contributed by atoms with Crippen molar-refractivity contribution in [2.24, 2.45) is 5.92 Å². The van der Waals surface area contributed by atoms with Crippen molar-refractivity contribution in [2.45, 2.75) is 32.3 Å². The number of carbonyl (C=O) groups is 1. The Morgan fingerprint density at radius 2 is 2.10 bits per heavy atom. The molecule has 0 aromatic carbocycles. The second-order valence-electron chi connectivity index (χ2n) is 6.24. The van der Waals surface area contributed by atoms with Gasteiger partial charge in [0.05, 0.1) is 6.54 Å². The number of ether oxygens (including phenoxy) is 1. The highest BCUT2D eigenvalue weighted by molar-refractivity contribution is 5.88. The molecule has 0 unspecified atom stereocenters. The van der Waals surface area contributed by atoms with Crippen molar-refractivity contribution < 1.29 is 9.53 Å². The number of pyridine rings is 1. The Kier molecular flexibility index (Phi) is 4.10. The smallest absolute Gasteiger partial charge is 0.415 e. The minimum Gasteiger partial charge on any atom is -0.444 e. The van der Waals surface area contributed by atoms with Crippen molar-refractivity contribution in [2.75, 3.05) is 31.6 Å². The average Bonchev–Trinajstić information content (AvgIpc) is 2.81. The minimum atomic E-state index is -0.286. The van der Waals surface area contributed by atoms with E-state index in [1.165, 1.54) is 25.9 Å². The quantitative estimate of drug-likeness (QED) is 0.856. The van der Waals surface area contributed by atoms with Gasteiger partial charge in [-0.25, -0.2) is 9.78 Å². The standard InChI is InChI=1S/C16H23N3O2/c1-12-11-19(16(20)21-12)15-5-3-4-14(17-15)10-13-6-8-18(2)9-7-13/h3-5,12-13H,6-11H2,1-2H3/t12-/m0/s1. The summed E-state index contributed by atoms with van der Waals surface area (Å²) >= 11 is 0. The molecule has 21 heavy (non-hydrogen) atoms. The van der Waals surface area contributed by atoms with Crippen LogP contribution in [0, 0.1) is 5.92 Å². The van der Waals surface area contributed by atoms with Gasteiger partial charge in [-0.05, 0) is 64.4 Å². The zero-order valence-electron chi connectivity index (χ0n) is 12.8. The van der Waals surface area contributed by atoms with E-state index in [2.05, 4.69) is 23.0 Å².